The number of hydrogen-bond donors (Lipinski definition) is 1. The lowest BCUT2D eigenvalue weighted by molar-refractivity contribution is -0.139. The highest BCUT2D eigenvalue weighted by atomic mass is 19.4. The van der Waals surface area contributed by atoms with Gasteiger partial charge in [0.05, 0.1) is 5.56 Å². The Morgan fingerprint density at radius 2 is 2.00 bits per heavy atom. The molecule has 0 spiro atoms. The summed E-state index contributed by atoms with van der Waals surface area (Å²) in [5.74, 6) is -1.54. The Hall–Kier alpha value is -3.01. The first-order valence-electron chi connectivity index (χ1n) is 9.48. The van der Waals surface area contributed by atoms with Gasteiger partial charge in [-0.15, -0.1) is 0 Å². The molecule has 0 saturated carbocycles. The van der Waals surface area contributed by atoms with Crippen molar-refractivity contribution in [1.29, 1.82) is 0 Å². The maximum Gasteiger partial charge on any atom is 0.416 e. The maximum absolute atomic E-state index is 14.2. The summed E-state index contributed by atoms with van der Waals surface area (Å²) in [6.45, 7) is 4.32. The Kier molecular flexibility index (Phi) is 7.37. The first-order valence-corrected chi connectivity index (χ1v) is 9.48. The molecule has 2 amide bonds. The molecule has 1 aromatic rings. The highest BCUT2D eigenvalue weighted by molar-refractivity contribution is 5.86. The van der Waals surface area contributed by atoms with Crippen LogP contribution in [-0.2, 0) is 22.3 Å². The number of halogens is 4. The van der Waals surface area contributed by atoms with Gasteiger partial charge in [-0.3, -0.25) is 4.79 Å². The molecule has 1 aromatic carbocycles. The van der Waals surface area contributed by atoms with Crippen LogP contribution in [0.1, 0.15) is 44.7 Å². The first-order chi connectivity index (χ1) is 14.3. The van der Waals surface area contributed by atoms with Gasteiger partial charge in [-0.2, -0.15) is 13.2 Å². The van der Waals surface area contributed by atoms with Crippen LogP contribution in [-0.4, -0.2) is 41.1 Å². The van der Waals surface area contributed by atoms with Gasteiger partial charge in [-0.1, -0.05) is 5.11 Å². The van der Waals surface area contributed by atoms with Gasteiger partial charge in [0, 0.05) is 29.6 Å². The molecular formula is C19H23F4N5O3. The number of carbonyl (C=O) groups excluding carboxylic acids is 2. The second-order valence-electron chi connectivity index (χ2n) is 8.11. The summed E-state index contributed by atoms with van der Waals surface area (Å²) in [5, 5.41) is 5.87. The summed E-state index contributed by atoms with van der Waals surface area (Å²) in [6.07, 6.45) is -5.03. The second-order valence-corrected chi connectivity index (χ2v) is 8.11. The van der Waals surface area contributed by atoms with Crippen LogP contribution in [0.4, 0.5) is 22.4 Å². The zero-order chi connectivity index (χ0) is 23.4. The number of nitrogens with zero attached hydrogens (tertiary/aromatic N) is 4. The Bertz CT molecular complexity index is 878. The average Bonchev–Trinajstić information content (AvgIpc) is 2.63. The summed E-state index contributed by atoms with van der Waals surface area (Å²) in [7, 11) is 0. The van der Waals surface area contributed by atoms with Crippen LogP contribution in [0.15, 0.2) is 23.3 Å². The van der Waals surface area contributed by atoms with Crippen molar-refractivity contribution < 1.29 is 31.9 Å². The number of benzene rings is 1. The number of piperidine rings is 1. The molecule has 170 valence electrons. The fraction of sp³-hybridized carbons (Fsp3) is 0.579. The van der Waals surface area contributed by atoms with Gasteiger partial charge in [0.2, 0.25) is 5.91 Å². The highest BCUT2D eigenvalue weighted by Crippen LogP contribution is 2.31. The number of carbonyl (C=O) groups is 2. The van der Waals surface area contributed by atoms with Crippen molar-refractivity contribution >= 4 is 12.0 Å². The fourth-order valence-corrected chi connectivity index (χ4v) is 3.19. The molecule has 8 nitrogen and oxygen atoms in total. The Labute approximate surface area is 176 Å². The second kappa shape index (κ2) is 9.42. The summed E-state index contributed by atoms with van der Waals surface area (Å²) in [4.78, 5) is 28.8. The minimum Gasteiger partial charge on any atom is -0.444 e. The number of amides is 2. The zero-order valence-electron chi connectivity index (χ0n) is 17.2. The van der Waals surface area contributed by atoms with E-state index in [0.717, 1.165) is 4.90 Å². The van der Waals surface area contributed by atoms with E-state index in [1.165, 1.54) is 0 Å². The van der Waals surface area contributed by atoms with E-state index in [1.807, 2.05) is 0 Å². The quantitative estimate of drug-likeness (QED) is 0.311. The monoisotopic (exact) mass is 445 g/mol. The molecule has 0 radical (unpaired) electrons. The molecule has 1 saturated heterocycles. The standard InChI is InChI=1S/C19H23F4N5O3/c1-18(2,3)31-17(30)26-15-7-5-13(9-25-27-24)28(16(15)29)10-11-8-12(19(21,22)23)4-6-14(11)20/h4,6,8,13,15H,5,7,9-10H2,1-3H3,(H,26,30)/t13-,15+/m0/s1. The van der Waals surface area contributed by atoms with E-state index in [2.05, 4.69) is 15.3 Å². The van der Waals surface area contributed by atoms with Crippen molar-refractivity contribution in [2.45, 2.75) is 64.0 Å². The van der Waals surface area contributed by atoms with E-state index in [4.69, 9.17) is 10.3 Å². The number of ether oxygens (including phenoxy) is 1. The number of alkyl carbamates (subject to hydrolysis) is 1. The molecule has 12 heteroatoms. The Balaban J connectivity index is 2.28. The molecule has 1 heterocycles. The molecular weight excluding hydrogens is 422 g/mol. The van der Waals surface area contributed by atoms with Gasteiger partial charge in [0.15, 0.2) is 0 Å². The van der Waals surface area contributed by atoms with Crippen molar-refractivity contribution in [3.05, 3.63) is 45.6 Å². The van der Waals surface area contributed by atoms with Gasteiger partial charge in [0.25, 0.3) is 0 Å². The molecule has 2 rings (SSSR count). The minimum absolute atomic E-state index is 0.137. The summed E-state index contributed by atoms with van der Waals surface area (Å²) in [5.41, 5.74) is 6.39. The number of nitrogens with one attached hydrogen (secondary N) is 1. The smallest absolute Gasteiger partial charge is 0.416 e. The number of likely N-dealkylation sites (tertiary alicyclic amines) is 1. The molecule has 1 N–H and O–H groups in total. The lowest BCUT2D eigenvalue weighted by atomic mass is 9.96. The number of alkyl halides is 3. The molecule has 1 fully saturated rings. The molecule has 1 aliphatic rings. The minimum atomic E-state index is -4.68. The van der Waals surface area contributed by atoms with E-state index in [0.29, 0.717) is 18.2 Å². The Morgan fingerprint density at radius 1 is 1.32 bits per heavy atom. The molecule has 0 aromatic heterocycles. The van der Waals surface area contributed by atoms with E-state index in [9.17, 15) is 27.2 Å². The third kappa shape index (κ3) is 6.74. The summed E-state index contributed by atoms with van der Waals surface area (Å²) >= 11 is 0. The number of hydrogen-bond acceptors (Lipinski definition) is 4. The molecule has 0 aliphatic carbocycles. The van der Waals surface area contributed by atoms with E-state index in [1.54, 1.807) is 20.8 Å². The van der Waals surface area contributed by atoms with E-state index < -0.39 is 53.8 Å². The van der Waals surface area contributed by atoms with Crippen LogP contribution in [0, 0.1) is 5.82 Å². The van der Waals surface area contributed by atoms with Crippen molar-refractivity contribution in [2.75, 3.05) is 6.54 Å². The first kappa shape index (κ1) is 24.3. The average molecular weight is 445 g/mol. The van der Waals surface area contributed by atoms with Gasteiger partial charge < -0.3 is 15.0 Å². The van der Waals surface area contributed by atoms with Crippen molar-refractivity contribution in [2.24, 2.45) is 5.11 Å². The molecule has 0 unspecified atom stereocenters. The van der Waals surface area contributed by atoms with Crippen LogP contribution in [0.3, 0.4) is 0 Å². The van der Waals surface area contributed by atoms with Gasteiger partial charge in [-0.25, -0.2) is 9.18 Å². The number of azide groups is 1. The number of rotatable bonds is 5. The van der Waals surface area contributed by atoms with Crippen molar-refractivity contribution in [1.82, 2.24) is 10.2 Å². The topological polar surface area (TPSA) is 107 Å². The predicted octanol–water partition coefficient (Wildman–Crippen LogP) is 4.54. The van der Waals surface area contributed by atoms with Crippen LogP contribution in [0.2, 0.25) is 0 Å². The van der Waals surface area contributed by atoms with Crippen LogP contribution < -0.4 is 5.32 Å². The van der Waals surface area contributed by atoms with Gasteiger partial charge in [0.1, 0.15) is 17.5 Å². The summed E-state index contributed by atoms with van der Waals surface area (Å²) < 4.78 is 58.4. The van der Waals surface area contributed by atoms with Gasteiger partial charge >= 0.3 is 12.3 Å². The fourth-order valence-electron chi connectivity index (χ4n) is 3.19. The predicted molar refractivity (Wildman–Crippen MR) is 102 cm³/mol. The summed E-state index contributed by atoms with van der Waals surface area (Å²) in [6, 6.07) is 0.269. The molecule has 0 bridgehead atoms. The van der Waals surface area contributed by atoms with E-state index in [-0.39, 0.29) is 24.9 Å². The van der Waals surface area contributed by atoms with Crippen LogP contribution >= 0.6 is 0 Å². The lowest BCUT2D eigenvalue weighted by Crippen LogP contribution is -2.57. The van der Waals surface area contributed by atoms with Crippen molar-refractivity contribution in [3.63, 3.8) is 0 Å². The third-order valence-electron chi connectivity index (χ3n) is 4.57. The highest BCUT2D eigenvalue weighted by Gasteiger charge is 2.37. The maximum atomic E-state index is 14.2. The van der Waals surface area contributed by atoms with E-state index >= 15 is 0 Å². The van der Waals surface area contributed by atoms with Gasteiger partial charge in [-0.05, 0) is 57.3 Å². The molecule has 2 atom stereocenters. The van der Waals surface area contributed by atoms with Crippen LogP contribution in [0.25, 0.3) is 10.4 Å². The SMILES string of the molecule is CC(C)(C)OC(=O)N[C@@H]1CC[C@@H](CN=[N+]=[N-])N(Cc2cc(C(F)(F)F)ccc2F)C1=O. The molecule has 31 heavy (non-hydrogen) atoms. The van der Waals surface area contributed by atoms with Crippen molar-refractivity contribution in [3.8, 4) is 0 Å². The zero-order valence-corrected chi connectivity index (χ0v) is 17.2. The normalized spacial score (nSPS) is 19.6. The Morgan fingerprint density at radius 3 is 2.58 bits per heavy atom. The largest absolute Gasteiger partial charge is 0.444 e. The molecule has 1 aliphatic heterocycles. The third-order valence-corrected chi connectivity index (χ3v) is 4.57. The lowest BCUT2D eigenvalue weighted by Gasteiger charge is -2.39. The van der Waals surface area contributed by atoms with Crippen LogP contribution in [0.5, 0.6) is 0 Å².